The number of nitrogen functional groups attached to an aromatic ring is 1. The SMILES string of the molecule is Nc1nc2ccc(Br)cc2n1Cc1ccc(F)c(F)c1. The topological polar surface area (TPSA) is 43.8 Å². The molecule has 0 amide bonds. The third-order valence-electron chi connectivity index (χ3n) is 3.06. The molecular formula is C14H10BrF2N3. The lowest BCUT2D eigenvalue weighted by molar-refractivity contribution is 0.506. The van der Waals surface area contributed by atoms with Gasteiger partial charge in [0.1, 0.15) is 0 Å². The average Bonchev–Trinajstić information content (AvgIpc) is 2.70. The van der Waals surface area contributed by atoms with E-state index < -0.39 is 11.6 Å². The first-order valence-electron chi connectivity index (χ1n) is 5.90. The van der Waals surface area contributed by atoms with Crippen molar-refractivity contribution in [1.82, 2.24) is 9.55 Å². The normalized spacial score (nSPS) is 11.2. The van der Waals surface area contributed by atoms with Crippen LogP contribution in [0.15, 0.2) is 40.9 Å². The van der Waals surface area contributed by atoms with Crippen LogP contribution in [0, 0.1) is 11.6 Å². The van der Waals surface area contributed by atoms with Crippen LogP contribution in [0.1, 0.15) is 5.56 Å². The number of nitrogens with zero attached hydrogens (tertiary/aromatic N) is 2. The Morgan fingerprint density at radius 3 is 2.65 bits per heavy atom. The molecule has 0 saturated carbocycles. The fourth-order valence-corrected chi connectivity index (χ4v) is 2.45. The minimum absolute atomic E-state index is 0.329. The van der Waals surface area contributed by atoms with Crippen molar-refractivity contribution in [2.24, 2.45) is 0 Å². The molecule has 20 heavy (non-hydrogen) atoms. The summed E-state index contributed by atoms with van der Waals surface area (Å²) >= 11 is 3.39. The number of halogens is 3. The zero-order valence-electron chi connectivity index (χ0n) is 10.3. The second-order valence-corrected chi connectivity index (χ2v) is 5.35. The standard InChI is InChI=1S/C14H10BrF2N3/c15-9-2-4-12-13(6-9)20(14(18)19-12)7-8-1-3-10(16)11(17)5-8/h1-6H,7H2,(H2,18,19). The molecule has 3 nitrogen and oxygen atoms in total. The summed E-state index contributed by atoms with van der Waals surface area (Å²) in [4.78, 5) is 4.24. The van der Waals surface area contributed by atoms with Gasteiger partial charge in [-0.05, 0) is 35.9 Å². The minimum atomic E-state index is -0.869. The lowest BCUT2D eigenvalue weighted by Crippen LogP contribution is -2.05. The van der Waals surface area contributed by atoms with Gasteiger partial charge in [-0.15, -0.1) is 0 Å². The molecule has 3 aromatic rings. The number of hydrogen-bond donors (Lipinski definition) is 1. The highest BCUT2D eigenvalue weighted by Crippen LogP contribution is 2.23. The highest BCUT2D eigenvalue weighted by atomic mass is 79.9. The van der Waals surface area contributed by atoms with Crippen molar-refractivity contribution >= 4 is 32.9 Å². The largest absolute Gasteiger partial charge is 0.369 e. The van der Waals surface area contributed by atoms with Crippen LogP contribution in [0.4, 0.5) is 14.7 Å². The summed E-state index contributed by atoms with van der Waals surface area (Å²) < 4.78 is 28.8. The molecule has 0 unspecified atom stereocenters. The third-order valence-corrected chi connectivity index (χ3v) is 3.56. The first kappa shape index (κ1) is 13.1. The molecule has 3 rings (SSSR count). The van der Waals surface area contributed by atoms with Crippen LogP contribution >= 0.6 is 15.9 Å². The molecule has 0 bridgehead atoms. The summed E-state index contributed by atoms with van der Waals surface area (Å²) in [5.74, 6) is -1.39. The molecule has 102 valence electrons. The van der Waals surface area contributed by atoms with E-state index >= 15 is 0 Å². The van der Waals surface area contributed by atoms with Gasteiger partial charge in [-0.1, -0.05) is 22.0 Å². The lowest BCUT2D eigenvalue weighted by atomic mass is 10.2. The van der Waals surface area contributed by atoms with Crippen molar-refractivity contribution in [2.45, 2.75) is 6.54 Å². The van der Waals surface area contributed by atoms with Gasteiger partial charge >= 0.3 is 0 Å². The van der Waals surface area contributed by atoms with E-state index in [1.807, 2.05) is 18.2 Å². The Balaban J connectivity index is 2.07. The van der Waals surface area contributed by atoms with Crippen molar-refractivity contribution in [3.63, 3.8) is 0 Å². The Bertz CT molecular complexity index is 798. The molecule has 0 spiro atoms. The molecule has 0 radical (unpaired) electrons. The van der Waals surface area contributed by atoms with E-state index in [9.17, 15) is 8.78 Å². The van der Waals surface area contributed by atoms with Gasteiger partial charge < -0.3 is 10.3 Å². The molecule has 1 heterocycles. The zero-order chi connectivity index (χ0) is 14.3. The van der Waals surface area contributed by atoms with E-state index in [1.54, 1.807) is 4.57 Å². The quantitative estimate of drug-likeness (QED) is 0.774. The number of imidazole rings is 1. The van der Waals surface area contributed by atoms with Crippen LogP contribution in [0.5, 0.6) is 0 Å². The smallest absolute Gasteiger partial charge is 0.201 e. The van der Waals surface area contributed by atoms with Gasteiger partial charge in [0.25, 0.3) is 0 Å². The molecule has 0 atom stereocenters. The minimum Gasteiger partial charge on any atom is -0.369 e. The lowest BCUT2D eigenvalue weighted by Gasteiger charge is -2.07. The fraction of sp³-hybridized carbons (Fsp3) is 0.0714. The predicted molar refractivity (Wildman–Crippen MR) is 77.3 cm³/mol. The number of aromatic nitrogens is 2. The maximum Gasteiger partial charge on any atom is 0.201 e. The maximum absolute atomic E-state index is 13.2. The Labute approximate surface area is 122 Å². The van der Waals surface area contributed by atoms with Crippen molar-refractivity contribution in [1.29, 1.82) is 0 Å². The molecule has 6 heteroatoms. The Morgan fingerprint density at radius 1 is 1.10 bits per heavy atom. The highest BCUT2D eigenvalue weighted by molar-refractivity contribution is 9.10. The van der Waals surface area contributed by atoms with Crippen molar-refractivity contribution in [3.05, 3.63) is 58.1 Å². The Kier molecular flexibility index (Phi) is 3.17. The monoisotopic (exact) mass is 337 g/mol. The van der Waals surface area contributed by atoms with Gasteiger partial charge in [0.15, 0.2) is 11.6 Å². The van der Waals surface area contributed by atoms with Gasteiger partial charge in [-0.3, -0.25) is 0 Å². The van der Waals surface area contributed by atoms with Crippen molar-refractivity contribution < 1.29 is 8.78 Å². The number of hydrogen-bond acceptors (Lipinski definition) is 2. The van der Waals surface area contributed by atoms with Crippen molar-refractivity contribution in [3.8, 4) is 0 Å². The molecule has 0 fully saturated rings. The van der Waals surface area contributed by atoms with E-state index in [-0.39, 0.29) is 0 Å². The van der Waals surface area contributed by atoms with Crippen LogP contribution in [0.25, 0.3) is 11.0 Å². The number of rotatable bonds is 2. The van der Waals surface area contributed by atoms with Crippen LogP contribution < -0.4 is 5.73 Å². The molecule has 2 N–H and O–H groups in total. The molecule has 0 aliphatic heterocycles. The molecule has 0 aliphatic carbocycles. The van der Waals surface area contributed by atoms with E-state index in [1.165, 1.54) is 12.1 Å². The van der Waals surface area contributed by atoms with Gasteiger partial charge in [0.05, 0.1) is 17.6 Å². The summed E-state index contributed by atoms with van der Waals surface area (Å²) in [5, 5.41) is 0. The molecule has 1 aromatic heterocycles. The van der Waals surface area contributed by atoms with Crippen LogP contribution in [0.3, 0.4) is 0 Å². The Hall–Kier alpha value is -1.95. The molecule has 0 saturated heterocycles. The zero-order valence-corrected chi connectivity index (χ0v) is 11.9. The van der Waals surface area contributed by atoms with Crippen LogP contribution in [0.2, 0.25) is 0 Å². The Morgan fingerprint density at radius 2 is 1.90 bits per heavy atom. The molecular weight excluding hydrogens is 328 g/mol. The van der Waals surface area contributed by atoms with Gasteiger partial charge in [0, 0.05) is 4.47 Å². The van der Waals surface area contributed by atoms with Gasteiger partial charge in [-0.25, -0.2) is 13.8 Å². The number of fused-ring (bicyclic) bond motifs is 1. The first-order valence-corrected chi connectivity index (χ1v) is 6.69. The van der Waals surface area contributed by atoms with Crippen LogP contribution in [-0.4, -0.2) is 9.55 Å². The second kappa shape index (κ2) is 4.86. The highest BCUT2D eigenvalue weighted by Gasteiger charge is 2.10. The summed E-state index contributed by atoms with van der Waals surface area (Å²) in [6.07, 6.45) is 0. The maximum atomic E-state index is 13.2. The summed E-state index contributed by atoms with van der Waals surface area (Å²) in [6, 6.07) is 9.41. The summed E-state index contributed by atoms with van der Waals surface area (Å²) in [5.41, 5.74) is 8.10. The van der Waals surface area contributed by atoms with Gasteiger partial charge in [-0.2, -0.15) is 0 Å². The van der Waals surface area contributed by atoms with Gasteiger partial charge in [0.2, 0.25) is 5.95 Å². The van der Waals surface area contributed by atoms with E-state index in [0.717, 1.165) is 21.6 Å². The average molecular weight is 338 g/mol. The summed E-state index contributed by atoms with van der Waals surface area (Å²) in [7, 11) is 0. The first-order chi connectivity index (χ1) is 9.54. The number of anilines is 1. The van der Waals surface area contributed by atoms with E-state index in [2.05, 4.69) is 20.9 Å². The molecule has 2 aromatic carbocycles. The number of nitrogens with two attached hydrogens (primary N) is 1. The molecule has 0 aliphatic rings. The van der Waals surface area contributed by atoms with E-state index in [4.69, 9.17) is 5.73 Å². The van der Waals surface area contributed by atoms with Crippen molar-refractivity contribution in [2.75, 3.05) is 5.73 Å². The number of benzene rings is 2. The predicted octanol–water partition coefficient (Wildman–Crippen LogP) is 3.71. The summed E-state index contributed by atoms with van der Waals surface area (Å²) in [6.45, 7) is 0.329. The third kappa shape index (κ3) is 2.27. The second-order valence-electron chi connectivity index (χ2n) is 4.44. The fourth-order valence-electron chi connectivity index (χ4n) is 2.10. The van der Waals surface area contributed by atoms with Crippen LogP contribution in [-0.2, 0) is 6.54 Å². The van der Waals surface area contributed by atoms with E-state index in [0.29, 0.717) is 18.1 Å².